The van der Waals surface area contributed by atoms with Crippen molar-refractivity contribution in [2.75, 3.05) is 32.1 Å². The molecule has 0 spiro atoms. The number of carbonyl (C=O) groups excluding carboxylic acids is 1. The molecule has 1 fully saturated rings. The Morgan fingerprint density at radius 2 is 2.05 bits per heavy atom. The van der Waals surface area contributed by atoms with Crippen LogP contribution in [0.2, 0.25) is 0 Å². The van der Waals surface area contributed by atoms with Crippen LogP contribution in [0.3, 0.4) is 0 Å². The summed E-state index contributed by atoms with van der Waals surface area (Å²) in [6.07, 6.45) is 4.93. The van der Waals surface area contributed by atoms with Gasteiger partial charge in [0.25, 0.3) is 0 Å². The SMILES string of the molecule is COCCNCC(=O)Nc1ccccc1OC1CCCC1. The number of rotatable bonds is 8. The average Bonchev–Trinajstić information content (AvgIpc) is 2.99. The lowest BCUT2D eigenvalue weighted by molar-refractivity contribution is -0.115. The minimum atomic E-state index is -0.0754. The molecule has 0 aliphatic heterocycles. The molecule has 0 aromatic heterocycles. The van der Waals surface area contributed by atoms with Gasteiger partial charge in [-0.05, 0) is 37.8 Å². The molecular formula is C16H24N2O3. The summed E-state index contributed by atoms with van der Waals surface area (Å²) < 4.78 is 10.9. The summed E-state index contributed by atoms with van der Waals surface area (Å²) in [6.45, 7) is 1.51. The second-order valence-corrected chi connectivity index (χ2v) is 5.24. The van der Waals surface area contributed by atoms with Crippen LogP contribution in [-0.2, 0) is 9.53 Å². The van der Waals surface area contributed by atoms with Crippen LogP contribution in [0.1, 0.15) is 25.7 Å². The third-order valence-corrected chi connectivity index (χ3v) is 3.53. The van der Waals surface area contributed by atoms with Gasteiger partial charge in [0.1, 0.15) is 5.75 Å². The van der Waals surface area contributed by atoms with E-state index in [-0.39, 0.29) is 18.6 Å². The molecular weight excluding hydrogens is 268 g/mol. The zero-order valence-corrected chi connectivity index (χ0v) is 12.6. The first-order valence-electron chi connectivity index (χ1n) is 7.55. The van der Waals surface area contributed by atoms with Crippen molar-refractivity contribution in [2.45, 2.75) is 31.8 Å². The Hall–Kier alpha value is -1.59. The number of carbonyl (C=O) groups is 1. The number of ether oxygens (including phenoxy) is 2. The molecule has 0 atom stereocenters. The smallest absolute Gasteiger partial charge is 0.238 e. The van der Waals surface area contributed by atoms with Crippen molar-refractivity contribution in [1.82, 2.24) is 5.32 Å². The van der Waals surface area contributed by atoms with E-state index in [9.17, 15) is 4.79 Å². The minimum Gasteiger partial charge on any atom is -0.488 e. The van der Waals surface area contributed by atoms with Crippen LogP contribution < -0.4 is 15.4 Å². The van der Waals surface area contributed by atoms with Crippen molar-refractivity contribution in [3.63, 3.8) is 0 Å². The van der Waals surface area contributed by atoms with Crippen LogP contribution in [0.25, 0.3) is 0 Å². The molecule has 21 heavy (non-hydrogen) atoms. The zero-order valence-electron chi connectivity index (χ0n) is 12.6. The molecule has 5 nitrogen and oxygen atoms in total. The summed E-state index contributed by atoms with van der Waals surface area (Å²) in [4.78, 5) is 11.9. The first-order chi connectivity index (χ1) is 10.3. The quantitative estimate of drug-likeness (QED) is 0.721. The molecule has 0 bridgehead atoms. The Kier molecular flexibility index (Phi) is 6.50. The number of nitrogens with one attached hydrogen (secondary N) is 2. The highest BCUT2D eigenvalue weighted by atomic mass is 16.5. The number of anilines is 1. The van der Waals surface area contributed by atoms with Crippen LogP contribution >= 0.6 is 0 Å². The standard InChI is InChI=1S/C16H24N2O3/c1-20-11-10-17-12-16(19)18-14-8-4-5-9-15(14)21-13-6-2-3-7-13/h4-5,8-9,13,17H,2-3,6-7,10-12H2,1H3,(H,18,19). The van der Waals surface area contributed by atoms with Crippen LogP contribution in [-0.4, -0.2) is 38.8 Å². The topological polar surface area (TPSA) is 59.6 Å². The lowest BCUT2D eigenvalue weighted by atomic mass is 10.2. The number of methoxy groups -OCH3 is 1. The average molecular weight is 292 g/mol. The number of benzene rings is 1. The van der Waals surface area contributed by atoms with E-state index < -0.39 is 0 Å². The minimum absolute atomic E-state index is 0.0754. The van der Waals surface area contributed by atoms with Crippen LogP contribution in [0, 0.1) is 0 Å². The van der Waals surface area contributed by atoms with E-state index in [2.05, 4.69) is 10.6 Å². The zero-order chi connectivity index (χ0) is 14.9. The Morgan fingerprint density at radius 1 is 1.29 bits per heavy atom. The van der Waals surface area contributed by atoms with Gasteiger partial charge in [-0.15, -0.1) is 0 Å². The summed E-state index contributed by atoms with van der Waals surface area (Å²) in [5.74, 6) is 0.684. The van der Waals surface area contributed by atoms with Gasteiger partial charge in [-0.25, -0.2) is 0 Å². The number of hydrogen-bond acceptors (Lipinski definition) is 4. The van der Waals surface area contributed by atoms with Gasteiger partial charge in [0.05, 0.1) is 24.9 Å². The molecule has 1 amide bonds. The summed E-state index contributed by atoms with van der Waals surface area (Å²) in [5, 5.41) is 5.92. The largest absolute Gasteiger partial charge is 0.488 e. The van der Waals surface area contributed by atoms with E-state index in [1.165, 1.54) is 12.8 Å². The molecule has 1 aliphatic rings. The predicted octanol–water partition coefficient (Wildman–Crippen LogP) is 2.18. The van der Waals surface area contributed by atoms with E-state index in [1.807, 2.05) is 24.3 Å². The third-order valence-electron chi connectivity index (χ3n) is 3.53. The highest BCUT2D eigenvalue weighted by Crippen LogP contribution is 2.29. The molecule has 1 aromatic carbocycles. The molecule has 0 saturated heterocycles. The van der Waals surface area contributed by atoms with Crippen molar-refractivity contribution in [1.29, 1.82) is 0 Å². The molecule has 1 aromatic rings. The first-order valence-corrected chi connectivity index (χ1v) is 7.55. The fraction of sp³-hybridized carbons (Fsp3) is 0.562. The van der Waals surface area contributed by atoms with E-state index in [0.717, 1.165) is 24.3 Å². The maximum absolute atomic E-state index is 11.9. The number of hydrogen-bond donors (Lipinski definition) is 2. The molecule has 1 saturated carbocycles. The lowest BCUT2D eigenvalue weighted by Gasteiger charge is -2.17. The fourth-order valence-corrected chi connectivity index (χ4v) is 2.43. The van der Waals surface area contributed by atoms with Crippen molar-refractivity contribution in [3.05, 3.63) is 24.3 Å². The van der Waals surface area contributed by atoms with Crippen molar-refractivity contribution < 1.29 is 14.3 Å². The van der Waals surface area contributed by atoms with Crippen molar-refractivity contribution in [3.8, 4) is 5.75 Å². The highest BCUT2D eigenvalue weighted by Gasteiger charge is 2.18. The molecule has 5 heteroatoms. The Balaban J connectivity index is 1.85. The van der Waals surface area contributed by atoms with Gasteiger partial charge in [-0.3, -0.25) is 4.79 Å². The van der Waals surface area contributed by atoms with Gasteiger partial charge in [0.2, 0.25) is 5.91 Å². The van der Waals surface area contributed by atoms with Gasteiger partial charge in [0, 0.05) is 13.7 Å². The Labute approximate surface area is 126 Å². The van der Waals surface area contributed by atoms with Gasteiger partial charge in [0.15, 0.2) is 0 Å². The predicted molar refractivity (Wildman–Crippen MR) is 82.7 cm³/mol. The molecule has 0 unspecified atom stereocenters. The fourth-order valence-electron chi connectivity index (χ4n) is 2.43. The summed E-state index contributed by atoms with van der Waals surface area (Å²) in [5.41, 5.74) is 0.739. The summed E-state index contributed by atoms with van der Waals surface area (Å²) in [6, 6.07) is 7.61. The van der Waals surface area contributed by atoms with Crippen molar-refractivity contribution >= 4 is 11.6 Å². The maximum Gasteiger partial charge on any atom is 0.238 e. The van der Waals surface area contributed by atoms with Gasteiger partial charge >= 0.3 is 0 Å². The molecule has 116 valence electrons. The second kappa shape index (κ2) is 8.64. The molecule has 0 radical (unpaired) electrons. The number of para-hydroxylation sites is 2. The maximum atomic E-state index is 11.9. The molecule has 2 rings (SSSR count). The van der Waals surface area contributed by atoms with Gasteiger partial charge < -0.3 is 20.1 Å². The molecule has 2 N–H and O–H groups in total. The van der Waals surface area contributed by atoms with E-state index >= 15 is 0 Å². The number of amides is 1. The normalized spacial score (nSPS) is 15.1. The van der Waals surface area contributed by atoms with E-state index in [1.54, 1.807) is 7.11 Å². The van der Waals surface area contributed by atoms with Crippen LogP contribution in [0.4, 0.5) is 5.69 Å². The molecule has 0 heterocycles. The summed E-state index contributed by atoms with van der Waals surface area (Å²) in [7, 11) is 1.64. The monoisotopic (exact) mass is 292 g/mol. The Morgan fingerprint density at radius 3 is 2.81 bits per heavy atom. The van der Waals surface area contributed by atoms with Crippen LogP contribution in [0.5, 0.6) is 5.75 Å². The van der Waals surface area contributed by atoms with E-state index in [4.69, 9.17) is 9.47 Å². The third kappa shape index (κ3) is 5.36. The van der Waals surface area contributed by atoms with Crippen LogP contribution in [0.15, 0.2) is 24.3 Å². The molecule has 1 aliphatic carbocycles. The van der Waals surface area contributed by atoms with Crippen molar-refractivity contribution in [2.24, 2.45) is 0 Å². The highest BCUT2D eigenvalue weighted by molar-refractivity contribution is 5.93. The summed E-state index contributed by atoms with van der Waals surface area (Å²) >= 11 is 0. The Bertz CT molecular complexity index is 445. The first kappa shape index (κ1) is 15.8. The van der Waals surface area contributed by atoms with Gasteiger partial charge in [-0.2, -0.15) is 0 Å². The van der Waals surface area contributed by atoms with E-state index in [0.29, 0.717) is 13.2 Å². The van der Waals surface area contributed by atoms with Gasteiger partial charge in [-0.1, -0.05) is 12.1 Å². The second-order valence-electron chi connectivity index (χ2n) is 5.24. The lowest BCUT2D eigenvalue weighted by Crippen LogP contribution is -2.30.